The first kappa shape index (κ1) is 12.0. The number of unbranched alkanes of at least 4 members (excludes halogenated alkanes) is 1. The zero-order chi connectivity index (χ0) is 13.4. The number of aromatic nitrogens is 2. The quantitative estimate of drug-likeness (QED) is 0.624. The van der Waals surface area contributed by atoms with Crippen LogP contribution in [0.25, 0.3) is 0 Å². The zero-order valence-corrected chi connectivity index (χ0v) is 10.7. The Morgan fingerprint density at radius 3 is 3.26 bits per heavy atom. The highest BCUT2D eigenvalue weighted by atomic mass is 16.5. The second kappa shape index (κ2) is 4.56. The van der Waals surface area contributed by atoms with E-state index in [-0.39, 0.29) is 12.1 Å². The Bertz CT molecular complexity index is 513. The number of amides is 2. The summed E-state index contributed by atoms with van der Waals surface area (Å²) in [6.45, 7) is 2.90. The van der Waals surface area contributed by atoms with Gasteiger partial charge < -0.3 is 15.0 Å². The molecular weight excluding hydrogens is 248 g/mol. The van der Waals surface area contributed by atoms with E-state index in [4.69, 9.17) is 4.74 Å². The summed E-state index contributed by atoms with van der Waals surface area (Å²) >= 11 is 0. The maximum absolute atomic E-state index is 12.2. The number of rotatable bonds is 4. The van der Waals surface area contributed by atoms with Crippen molar-refractivity contribution in [2.24, 2.45) is 0 Å². The molecule has 2 bridgehead atoms. The maximum atomic E-state index is 12.2. The lowest BCUT2D eigenvalue weighted by Gasteiger charge is -2.28. The molecular formula is C12H16N4O3. The molecule has 102 valence electrons. The summed E-state index contributed by atoms with van der Waals surface area (Å²) in [5.74, 6) is -0.394. The van der Waals surface area contributed by atoms with Gasteiger partial charge in [-0.3, -0.25) is 5.10 Å². The molecule has 0 radical (unpaired) electrons. The number of hydrogen-bond acceptors (Lipinski definition) is 4. The van der Waals surface area contributed by atoms with E-state index in [0.29, 0.717) is 18.8 Å². The van der Waals surface area contributed by atoms with Gasteiger partial charge in [0.1, 0.15) is 0 Å². The molecule has 1 saturated heterocycles. The highest BCUT2D eigenvalue weighted by molar-refractivity contribution is 5.87. The zero-order valence-electron chi connectivity index (χ0n) is 10.7. The number of H-pyrrole nitrogens is 1. The number of aromatic amines is 1. The normalized spacial score (nSPS) is 24.1. The van der Waals surface area contributed by atoms with Crippen LogP contribution in [0.5, 0.6) is 0 Å². The van der Waals surface area contributed by atoms with Crippen LogP contribution in [0.3, 0.4) is 0 Å². The second-order valence-corrected chi connectivity index (χ2v) is 4.82. The molecule has 2 aliphatic heterocycles. The summed E-state index contributed by atoms with van der Waals surface area (Å²) in [6, 6.07) is -1.01. The van der Waals surface area contributed by atoms with Gasteiger partial charge in [-0.1, -0.05) is 13.3 Å². The van der Waals surface area contributed by atoms with Gasteiger partial charge in [0, 0.05) is 12.1 Å². The Morgan fingerprint density at radius 1 is 1.63 bits per heavy atom. The standard InChI is InChI=1S/C12H16N4O3/c1-2-3-4-19-11(17)10-9-7(5-13-15-9)8-6-16(10)12(18)14-8/h5,8,10H,2-4,6H2,1H3,(H,13,15)(H,14,18). The van der Waals surface area contributed by atoms with E-state index >= 15 is 0 Å². The van der Waals surface area contributed by atoms with Crippen molar-refractivity contribution < 1.29 is 14.3 Å². The number of ether oxygens (including phenoxy) is 1. The van der Waals surface area contributed by atoms with Crippen molar-refractivity contribution in [2.75, 3.05) is 13.2 Å². The van der Waals surface area contributed by atoms with E-state index in [0.717, 1.165) is 18.4 Å². The summed E-state index contributed by atoms with van der Waals surface area (Å²) in [7, 11) is 0. The van der Waals surface area contributed by atoms with Gasteiger partial charge in [0.15, 0.2) is 6.04 Å². The molecule has 0 spiro atoms. The first-order valence-corrected chi connectivity index (χ1v) is 6.49. The number of hydrogen-bond donors (Lipinski definition) is 2. The number of carbonyl (C=O) groups excluding carboxylic acids is 2. The van der Waals surface area contributed by atoms with E-state index < -0.39 is 12.0 Å². The molecule has 2 amide bonds. The number of nitrogens with zero attached hydrogens (tertiary/aromatic N) is 2. The van der Waals surface area contributed by atoms with Gasteiger partial charge in [-0.15, -0.1) is 0 Å². The molecule has 7 heteroatoms. The molecule has 0 saturated carbocycles. The molecule has 2 atom stereocenters. The minimum Gasteiger partial charge on any atom is -0.464 e. The monoisotopic (exact) mass is 264 g/mol. The summed E-state index contributed by atoms with van der Waals surface area (Å²) < 4.78 is 5.24. The number of fused-ring (bicyclic) bond motifs is 4. The van der Waals surface area contributed by atoms with Crippen LogP contribution < -0.4 is 5.32 Å². The molecule has 2 N–H and O–H groups in total. The molecule has 2 unspecified atom stereocenters. The van der Waals surface area contributed by atoms with Crippen molar-refractivity contribution in [3.63, 3.8) is 0 Å². The smallest absolute Gasteiger partial charge is 0.335 e. The predicted octanol–water partition coefficient (Wildman–Crippen LogP) is 0.874. The molecule has 2 aliphatic rings. The fourth-order valence-corrected chi connectivity index (χ4v) is 2.56. The van der Waals surface area contributed by atoms with Crippen molar-refractivity contribution in [3.8, 4) is 0 Å². The van der Waals surface area contributed by atoms with Gasteiger partial charge in [-0.2, -0.15) is 5.10 Å². The molecule has 0 aromatic carbocycles. The van der Waals surface area contributed by atoms with E-state index in [2.05, 4.69) is 15.5 Å². The predicted molar refractivity (Wildman–Crippen MR) is 65.2 cm³/mol. The molecule has 1 fully saturated rings. The van der Waals surface area contributed by atoms with E-state index in [1.54, 1.807) is 6.20 Å². The van der Waals surface area contributed by atoms with Crippen LogP contribution in [0.2, 0.25) is 0 Å². The summed E-state index contributed by atoms with van der Waals surface area (Å²) in [6.07, 6.45) is 3.44. The lowest BCUT2D eigenvalue weighted by atomic mass is 9.98. The van der Waals surface area contributed by atoms with Crippen molar-refractivity contribution in [3.05, 3.63) is 17.5 Å². The fourth-order valence-electron chi connectivity index (χ4n) is 2.56. The Balaban J connectivity index is 1.84. The minimum absolute atomic E-state index is 0.0825. The molecule has 3 rings (SSSR count). The van der Waals surface area contributed by atoms with Crippen LogP contribution in [-0.4, -0.2) is 40.2 Å². The minimum atomic E-state index is -0.701. The van der Waals surface area contributed by atoms with Crippen LogP contribution in [0.1, 0.15) is 43.1 Å². The third kappa shape index (κ3) is 1.85. The van der Waals surface area contributed by atoms with Crippen LogP contribution in [0.4, 0.5) is 4.79 Å². The summed E-state index contributed by atoms with van der Waals surface area (Å²) in [4.78, 5) is 25.5. The first-order valence-electron chi connectivity index (χ1n) is 6.49. The first-order chi connectivity index (χ1) is 9.22. The summed E-state index contributed by atoms with van der Waals surface area (Å²) in [5, 5.41) is 9.61. The molecule has 1 aromatic heterocycles. The Kier molecular flexibility index (Phi) is 2.88. The lowest BCUT2D eigenvalue weighted by molar-refractivity contribution is -0.149. The molecule has 19 heavy (non-hydrogen) atoms. The number of esters is 1. The van der Waals surface area contributed by atoms with E-state index in [1.165, 1.54) is 4.90 Å². The third-order valence-corrected chi connectivity index (χ3v) is 3.56. The van der Waals surface area contributed by atoms with Gasteiger partial charge in [0.25, 0.3) is 0 Å². The molecule has 0 aliphatic carbocycles. The van der Waals surface area contributed by atoms with Crippen LogP contribution in [0, 0.1) is 0 Å². The van der Waals surface area contributed by atoms with Crippen molar-refractivity contribution in [1.29, 1.82) is 0 Å². The number of nitrogens with one attached hydrogen (secondary N) is 2. The van der Waals surface area contributed by atoms with Gasteiger partial charge in [-0.05, 0) is 6.42 Å². The average Bonchev–Trinajstić information content (AvgIpc) is 2.98. The van der Waals surface area contributed by atoms with Gasteiger partial charge in [-0.25, -0.2) is 9.59 Å². The Hall–Kier alpha value is -2.05. The average molecular weight is 264 g/mol. The highest BCUT2D eigenvalue weighted by Gasteiger charge is 2.47. The van der Waals surface area contributed by atoms with Gasteiger partial charge in [0.05, 0.1) is 24.5 Å². The van der Waals surface area contributed by atoms with Crippen LogP contribution in [-0.2, 0) is 9.53 Å². The van der Waals surface area contributed by atoms with Crippen molar-refractivity contribution >= 4 is 12.0 Å². The SMILES string of the molecule is CCCCOC(=O)C1c2[nH]ncc2C2CN1C(=O)N2. The van der Waals surface area contributed by atoms with Gasteiger partial charge in [0.2, 0.25) is 0 Å². The Labute approximate surface area is 110 Å². The third-order valence-electron chi connectivity index (χ3n) is 3.56. The molecule has 3 heterocycles. The van der Waals surface area contributed by atoms with E-state index in [9.17, 15) is 9.59 Å². The Morgan fingerprint density at radius 2 is 2.47 bits per heavy atom. The topological polar surface area (TPSA) is 87.3 Å². The van der Waals surface area contributed by atoms with Crippen molar-refractivity contribution in [1.82, 2.24) is 20.4 Å². The highest BCUT2D eigenvalue weighted by Crippen LogP contribution is 2.37. The number of urea groups is 1. The van der Waals surface area contributed by atoms with Gasteiger partial charge >= 0.3 is 12.0 Å². The largest absolute Gasteiger partial charge is 0.464 e. The maximum Gasteiger partial charge on any atom is 0.335 e. The molecule has 7 nitrogen and oxygen atoms in total. The van der Waals surface area contributed by atoms with Crippen LogP contribution >= 0.6 is 0 Å². The summed E-state index contributed by atoms with van der Waals surface area (Å²) in [5.41, 5.74) is 1.54. The van der Waals surface area contributed by atoms with Crippen molar-refractivity contribution in [2.45, 2.75) is 31.8 Å². The lowest BCUT2D eigenvalue weighted by Crippen LogP contribution is -2.39. The molecule has 1 aromatic rings. The fraction of sp³-hybridized carbons (Fsp3) is 0.583. The second-order valence-electron chi connectivity index (χ2n) is 4.82. The number of carbonyl (C=O) groups is 2. The van der Waals surface area contributed by atoms with Crippen LogP contribution in [0.15, 0.2) is 6.20 Å². The van der Waals surface area contributed by atoms with E-state index in [1.807, 2.05) is 6.92 Å².